The third-order valence-electron chi connectivity index (χ3n) is 5.91. The van der Waals surface area contributed by atoms with E-state index >= 15 is 0 Å². The fourth-order valence-corrected chi connectivity index (χ4v) is 4.22. The second-order valence-corrected chi connectivity index (χ2v) is 11.2. The zero-order valence-electron chi connectivity index (χ0n) is 22.9. The molecular formula is C31H35Cl2N3O4. The van der Waals surface area contributed by atoms with Crippen LogP contribution >= 0.6 is 23.2 Å². The Kier molecular flexibility index (Phi) is 11.4. The molecule has 40 heavy (non-hydrogen) atoms. The van der Waals surface area contributed by atoms with Crippen molar-refractivity contribution >= 4 is 41.1 Å². The molecule has 7 nitrogen and oxygen atoms in total. The first-order chi connectivity index (χ1) is 19.0. The Morgan fingerprint density at radius 3 is 2.15 bits per heavy atom. The first kappa shape index (κ1) is 31.0. The summed E-state index contributed by atoms with van der Waals surface area (Å²) in [5, 5.41) is 9.28. The number of hydrogen-bond donors (Lipinski definition) is 3. The summed E-state index contributed by atoms with van der Waals surface area (Å²) in [7, 11) is 0. The van der Waals surface area contributed by atoms with Crippen LogP contribution in [-0.2, 0) is 16.1 Å². The topological polar surface area (TPSA) is 96.5 Å². The molecular weight excluding hydrogens is 549 g/mol. The van der Waals surface area contributed by atoms with Gasteiger partial charge in [-0.1, -0.05) is 71.7 Å². The van der Waals surface area contributed by atoms with Crippen molar-refractivity contribution < 1.29 is 19.1 Å². The lowest BCUT2D eigenvalue weighted by molar-refractivity contribution is -0.123. The lowest BCUT2D eigenvalue weighted by atomic mass is 10.0. The van der Waals surface area contributed by atoms with Crippen LogP contribution in [-0.4, -0.2) is 36.1 Å². The summed E-state index contributed by atoms with van der Waals surface area (Å²) in [6.07, 6.45) is 1.10. The van der Waals surface area contributed by atoms with Gasteiger partial charge in [-0.3, -0.25) is 9.59 Å². The number of amides is 3. The number of carbonyl (C=O) groups excluding carboxylic acids is 3. The van der Waals surface area contributed by atoms with Gasteiger partial charge in [0.05, 0.1) is 10.0 Å². The second-order valence-electron chi connectivity index (χ2n) is 10.4. The highest BCUT2D eigenvalue weighted by molar-refractivity contribution is 6.42. The van der Waals surface area contributed by atoms with Gasteiger partial charge in [-0.25, -0.2) is 4.79 Å². The SMILES string of the molecule is CC(C)(C)OC(=O)NCCCC[C@H](NC(=O)c1ccc(-c2ccccc2)cc1)C(=O)NCc1ccc(Cl)c(Cl)c1. The molecule has 0 aliphatic heterocycles. The van der Waals surface area contributed by atoms with Gasteiger partial charge in [-0.2, -0.15) is 0 Å². The number of nitrogens with one attached hydrogen (secondary N) is 3. The monoisotopic (exact) mass is 583 g/mol. The quantitative estimate of drug-likeness (QED) is 0.217. The van der Waals surface area contributed by atoms with Gasteiger partial charge in [-0.15, -0.1) is 0 Å². The maximum absolute atomic E-state index is 13.1. The molecule has 1 atom stereocenters. The van der Waals surface area contributed by atoms with Gasteiger partial charge in [0.2, 0.25) is 5.91 Å². The maximum Gasteiger partial charge on any atom is 0.407 e. The van der Waals surface area contributed by atoms with E-state index in [1.165, 1.54) is 0 Å². The van der Waals surface area contributed by atoms with Crippen molar-refractivity contribution in [1.29, 1.82) is 0 Å². The highest BCUT2D eigenvalue weighted by Crippen LogP contribution is 2.23. The molecule has 0 bridgehead atoms. The average Bonchev–Trinajstić information content (AvgIpc) is 2.92. The van der Waals surface area contributed by atoms with Crippen molar-refractivity contribution in [2.45, 2.75) is 58.2 Å². The van der Waals surface area contributed by atoms with Crippen LogP contribution in [0.3, 0.4) is 0 Å². The van der Waals surface area contributed by atoms with Gasteiger partial charge in [0, 0.05) is 18.7 Å². The van der Waals surface area contributed by atoms with Crippen molar-refractivity contribution in [3.63, 3.8) is 0 Å². The highest BCUT2D eigenvalue weighted by atomic mass is 35.5. The number of ether oxygens (including phenoxy) is 1. The number of rotatable bonds is 11. The fraction of sp³-hybridized carbons (Fsp3) is 0.323. The largest absolute Gasteiger partial charge is 0.444 e. The average molecular weight is 585 g/mol. The predicted octanol–water partition coefficient (Wildman–Crippen LogP) is 6.77. The standard InChI is InChI=1S/C31H35Cl2N3O4/c1-31(2,3)40-30(39)34-18-8-7-11-27(29(38)35-20-21-12-17-25(32)26(33)19-21)36-28(37)24-15-13-23(14-16-24)22-9-5-4-6-10-22/h4-6,9-10,12-17,19,27H,7-8,11,18,20H2,1-3H3,(H,34,39)(H,35,38)(H,36,37)/t27-/m0/s1. The van der Waals surface area contributed by atoms with Crippen LogP contribution in [0, 0.1) is 0 Å². The Hall–Kier alpha value is -3.55. The Morgan fingerprint density at radius 2 is 1.50 bits per heavy atom. The van der Waals surface area contributed by atoms with Crippen molar-refractivity contribution in [1.82, 2.24) is 16.0 Å². The Bertz CT molecular complexity index is 1290. The first-order valence-electron chi connectivity index (χ1n) is 13.2. The molecule has 0 unspecified atom stereocenters. The van der Waals surface area contributed by atoms with E-state index < -0.39 is 17.7 Å². The highest BCUT2D eigenvalue weighted by Gasteiger charge is 2.22. The van der Waals surface area contributed by atoms with E-state index in [1.807, 2.05) is 42.5 Å². The molecule has 3 N–H and O–H groups in total. The molecule has 0 aliphatic rings. The lowest BCUT2D eigenvalue weighted by Crippen LogP contribution is -2.46. The summed E-state index contributed by atoms with van der Waals surface area (Å²) in [4.78, 5) is 38.1. The molecule has 9 heteroatoms. The summed E-state index contributed by atoms with van der Waals surface area (Å²) >= 11 is 12.1. The minimum Gasteiger partial charge on any atom is -0.444 e. The van der Waals surface area contributed by atoms with Gasteiger partial charge < -0.3 is 20.7 Å². The molecule has 0 radical (unpaired) electrons. The number of alkyl carbamates (subject to hydrolysis) is 1. The molecule has 3 aromatic rings. The van der Waals surface area contributed by atoms with Crippen LogP contribution < -0.4 is 16.0 Å². The van der Waals surface area contributed by atoms with E-state index in [1.54, 1.807) is 51.1 Å². The van der Waals surface area contributed by atoms with Gasteiger partial charge in [-0.05, 0) is 81.0 Å². The van der Waals surface area contributed by atoms with Crippen LogP contribution in [0.4, 0.5) is 4.79 Å². The van der Waals surface area contributed by atoms with Crippen LogP contribution in [0.5, 0.6) is 0 Å². The zero-order chi connectivity index (χ0) is 29.1. The van der Waals surface area contributed by atoms with E-state index in [2.05, 4.69) is 16.0 Å². The molecule has 3 aromatic carbocycles. The third kappa shape index (κ3) is 10.2. The van der Waals surface area contributed by atoms with Gasteiger partial charge in [0.25, 0.3) is 5.91 Å². The van der Waals surface area contributed by atoms with Crippen LogP contribution in [0.1, 0.15) is 56.0 Å². The first-order valence-corrected chi connectivity index (χ1v) is 13.9. The van der Waals surface area contributed by atoms with E-state index in [9.17, 15) is 14.4 Å². The Morgan fingerprint density at radius 1 is 0.825 bits per heavy atom. The summed E-state index contributed by atoms with van der Waals surface area (Å²) < 4.78 is 5.24. The van der Waals surface area contributed by atoms with Crippen molar-refractivity contribution in [3.05, 3.63) is 94.0 Å². The summed E-state index contributed by atoms with van der Waals surface area (Å²) in [6.45, 7) is 6.01. The van der Waals surface area contributed by atoms with Crippen LogP contribution in [0.15, 0.2) is 72.8 Å². The smallest absolute Gasteiger partial charge is 0.407 e. The Labute approximate surface area is 245 Å². The molecule has 0 heterocycles. The van der Waals surface area contributed by atoms with Crippen LogP contribution in [0.2, 0.25) is 10.0 Å². The molecule has 0 aliphatic carbocycles. The van der Waals surface area contributed by atoms with Crippen molar-refractivity contribution in [2.24, 2.45) is 0 Å². The second kappa shape index (κ2) is 14.7. The number of carbonyl (C=O) groups is 3. The van der Waals surface area contributed by atoms with E-state index in [0.717, 1.165) is 16.7 Å². The maximum atomic E-state index is 13.1. The van der Waals surface area contributed by atoms with Gasteiger partial charge in [0.15, 0.2) is 0 Å². The molecule has 0 fully saturated rings. The molecule has 0 saturated carbocycles. The number of benzene rings is 3. The zero-order valence-corrected chi connectivity index (χ0v) is 24.4. The minimum atomic E-state index is -0.773. The van der Waals surface area contributed by atoms with Crippen LogP contribution in [0.25, 0.3) is 11.1 Å². The normalized spacial score (nSPS) is 11.8. The number of hydrogen-bond acceptors (Lipinski definition) is 4. The number of unbranched alkanes of at least 4 members (excludes halogenated alkanes) is 1. The van der Waals surface area contributed by atoms with E-state index in [4.69, 9.17) is 27.9 Å². The van der Waals surface area contributed by atoms with E-state index in [0.29, 0.717) is 41.4 Å². The van der Waals surface area contributed by atoms with Crippen molar-refractivity contribution in [3.8, 4) is 11.1 Å². The van der Waals surface area contributed by atoms with Gasteiger partial charge in [0.1, 0.15) is 11.6 Å². The molecule has 0 spiro atoms. The lowest BCUT2D eigenvalue weighted by Gasteiger charge is -2.20. The Balaban J connectivity index is 1.61. The summed E-state index contributed by atoms with van der Waals surface area (Å²) in [5.41, 5.74) is 2.70. The fourth-order valence-electron chi connectivity index (χ4n) is 3.90. The summed E-state index contributed by atoms with van der Waals surface area (Å²) in [6, 6.07) is 21.5. The molecule has 212 valence electrons. The number of halogens is 2. The van der Waals surface area contributed by atoms with E-state index in [-0.39, 0.29) is 18.4 Å². The molecule has 3 amide bonds. The molecule has 0 saturated heterocycles. The minimum absolute atomic E-state index is 0.230. The van der Waals surface area contributed by atoms with Crippen molar-refractivity contribution in [2.75, 3.05) is 6.54 Å². The molecule has 3 rings (SSSR count). The summed E-state index contributed by atoms with van der Waals surface area (Å²) in [5.74, 6) is -0.665. The predicted molar refractivity (Wildman–Crippen MR) is 160 cm³/mol. The van der Waals surface area contributed by atoms with Gasteiger partial charge >= 0.3 is 6.09 Å². The third-order valence-corrected chi connectivity index (χ3v) is 6.65. The molecule has 0 aromatic heterocycles.